The summed E-state index contributed by atoms with van der Waals surface area (Å²) in [5.74, 6) is 2.38. The first-order valence-electron chi connectivity index (χ1n) is 8.31. The van der Waals surface area contributed by atoms with E-state index in [0.29, 0.717) is 0 Å². The van der Waals surface area contributed by atoms with Crippen molar-refractivity contribution < 1.29 is 4.74 Å². The number of nitrogens with zero attached hydrogens (tertiary/aromatic N) is 2. The van der Waals surface area contributed by atoms with Crippen LogP contribution in [0.15, 0.2) is 6.20 Å². The summed E-state index contributed by atoms with van der Waals surface area (Å²) in [5, 5.41) is 3.57. The van der Waals surface area contributed by atoms with Gasteiger partial charge in [-0.25, -0.2) is 9.97 Å². The van der Waals surface area contributed by atoms with E-state index in [1.807, 2.05) is 13.1 Å². The third kappa shape index (κ3) is 5.36. The number of hydrogen-bond acceptors (Lipinski definition) is 4. The minimum absolute atomic E-state index is 0.719. The molecule has 4 nitrogen and oxygen atoms in total. The summed E-state index contributed by atoms with van der Waals surface area (Å²) < 4.78 is 5.37. The minimum Gasteiger partial charge on any atom is -0.381 e. The first kappa shape index (κ1) is 16.4. The number of nitrogens with one attached hydrogen (secondary N) is 1. The van der Waals surface area contributed by atoms with E-state index >= 15 is 0 Å². The van der Waals surface area contributed by atoms with Crippen molar-refractivity contribution in [2.24, 2.45) is 11.8 Å². The van der Waals surface area contributed by atoms with E-state index in [1.54, 1.807) is 0 Å². The topological polar surface area (TPSA) is 47.0 Å². The van der Waals surface area contributed by atoms with Crippen molar-refractivity contribution in [3.8, 4) is 0 Å². The molecule has 0 saturated carbocycles. The number of ether oxygens (including phenoxy) is 1. The van der Waals surface area contributed by atoms with Crippen LogP contribution >= 0.6 is 0 Å². The monoisotopic (exact) mass is 291 g/mol. The average molecular weight is 291 g/mol. The minimum atomic E-state index is 0.719. The van der Waals surface area contributed by atoms with Crippen LogP contribution in [0.1, 0.15) is 44.3 Å². The Morgan fingerprint density at radius 1 is 1.43 bits per heavy atom. The van der Waals surface area contributed by atoms with Gasteiger partial charge in [-0.05, 0) is 56.7 Å². The Balaban J connectivity index is 1.84. The number of aromatic nitrogens is 2. The summed E-state index contributed by atoms with van der Waals surface area (Å²) in [6.07, 6.45) is 6.30. The zero-order chi connectivity index (χ0) is 15.1. The van der Waals surface area contributed by atoms with Crippen molar-refractivity contribution in [3.05, 3.63) is 23.3 Å². The molecule has 1 aliphatic rings. The molecule has 0 bridgehead atoms. The van der Waals surface area contributed by atoms with Crippen molar-refractivity contribution in [2.75, 3.05) is 26.3 Å². The van der Waals surface area contributed by atoms with Gasteiger partial charge in [0.25, 0.3) is 0 Å². The second-order valence-corrected chi connectivity index (χ2v) is 6.37. The molecule has 1 aliphatic carbocycles. The zero-order valence-corrected chi connectivity index (χ0v) is 13.7. The molecule has 1 heterocycles. The molecule has 0 radical (unpaired) electrons. The van der Waals surface area contributed by atoms with Gasteiger partial charge >= 0.3 is 0 Å². The van der Waals surface area contributed by atoms with Crippen LogP contribution in [-0.4, -0.2) is 36.3 Å². The summed E-state index contributed by atoms with van der Waals surface area (Å²) in [4.78, 5) is 9.21. The molecule has 1 N–H and O–H groups in total. The van der Waals surface area contributed by atoms with E-state index in [4.69, 9.17) is 9.72 Å². The van der Waals surface area contributed by atoms with Crippen LogP contribution in [0, 0.1) is 11.8 Å². The van der Waals surface area contributed by atoms with Crippen LogP contribution in [0.5, 0.6) is 0 Å². The van der Waals surface area contributed by atoms with Gasteiger partial charge in [0.15, 0.2) is 0 Å². The zero-order valence-electron chi connectivity index (χ0n) is 13.7. The molecule has 1 unspecified atom stereocenters. The Hall–Kier alpha value is -1.00. The number of rotatable bonds is 8. The van der Waals surface area contributed by atoms with Gasteiger partial charge in [0.05, 0.1) is 6.61 Å². The van der Waals surface area contributed by atoms with Crippen molar-refractivity contribution >= 4 is 0 Å². The second-order valence-electron chi connectivity index (χ2n) is 6.37. The van der Waals surface area contributed by atoms with E-state index < -0.39 is 0 Å². The predicted molar refractivity (Wildman–Crippen MR) is 85.5 cm³/mol. The quantitative estimate of drug-likeness (QED) is 0.747. The van der Waals surface area contributed by atoms with Crippen molar-refractivity contribution in [1.82, 2.24) is 15.3 Å². The van der Waals surface area contributed by atoms with E-state index in [2.05, 4.69) is 24.1 Å². The fraction of sp³-hybridized carbons (Fsp3) is 0.765. The molecule has 0 fully saturated rings. The number of hydrogen-bond donors (Lipinski definition) is 1. The van der Waals surface area contributed by atoms with Gasteiger partial charge in [0.1, 0.15) is 5.82 Å². The average Bonchev–Trinajstić information content (AvgIpc) is 2.47. The van der Waals surface area contributed by atoms with Crippen LogP contribution < -0.4 is 5.32 Å². The van der Waals surface area contributed by atoms with E-state index in [9.17, 15) is 0 Å². The van der Waals surface area contributed by atoms with E-state index in [1.165, 1.54) is 17.7 Å². The molecular weight excluding hydrogens is 262 g/mol. The van der Waals surface area contributed by atoms with Crippen molar-refractivity contribution in [2.45, 2.75) is 46.5 Å². The van der Waals surface area contributed by atoms with Gasteiger partial charge < -0.3 is 10.1 Å². The van der Waals surface area contributed by atoms with E-state index in [0.717, 1.165) is 63.2 Å². The fourth-order valence-corrected chi connectivity index (χ4v) is 2.80. The molecule has 0 aliphatic heterocycles. The Morgan fingerprint density at radius 3 is 3.05 bits per heavy atom. The highest BCUT2D eigenvalue weighted by atomic mass is 16.5. The van der Waals surface area contributed by atoms with Crippen LogP contribution in [0.4, 0.5) is 0 Å². The summed E-state index contributed by atoms with van der Waals surface area (Å²) >= 11 is 0. The smallest absolute Gasteiger partial charge is 0.130 e. The molecule has 4 heteroatoms. The molecule has 1 aromatic rings. The van der Waals surface area contributed by atoms with Crippen molar-refractivity contribution in [3.63, 3.8) is 0 Å². The lowest BCUT2D eigenvalue weighted by molar-refractivity contribution is 0.149. The van der Waals surface area contributed by atoms with Crippen LogP contribution in [0.2, 0.25) is 0 Å². The standard InChI is InChI=1S/C17H29N3O/c1-4-21-8-7-17-19-12-15-9-14(5-6-16(15)20-17)11-18-10-13(2)3/h12-14,18H,4-11H2,1-3H3. The Labute approximate surface area is 128 Å². The normalized spacial score (nSPS) is 18.0. The fourth-order valence-electron chi connectivity index (χ4n) is 2.80. The molecular formula is C17H29N3O. The maximum absolute atomic E-state index is 5.37. The third-order valence-electron chi connectivity index (χ3n) is 3.96. The SMILES string of the molecule is CCOCCc1ncc2c(n1)CCC(CNCC(C)C)C2. The number of aryl methyl sites for hydroxylation is 1. The largest absolute Gasteiger partial charge is 0.381 e. The Kier molecular flexibility index (Phi) is 6.58. The molecule has 1 atom stereocenters. The Morgan fingerprint density at radius 2 is 2.29 bits per heavy atom. The maximum atomic E-state index is 5.37. The molecule has 2 rings (SSSR count). The lowest BCUT2D eigenvalue weighted by Gasteiger charge is -2.24. The Bertz CT molecular complexity index is 434. The van der Waals surface area contributed by atoms with Crippen LogP contribution in [0.25, 0.3) is 0 Å². The van der Waals surface area contributed by atoms with Gasteiger partial charge in [0.2, 0.25) is 0 Å². The second kappa shape index (κ2) is 8.44. The predicted octanol–water partition coefficient (Wildman–Crippen LogP) is 2.41. The first-order chi connectivity index (χ1) is 10.2. The highest BCUT2D eigenvalue weighted by molar-refractivity contribution is 5.21. The van der Waals surface area contributed by atoms with Crippen molar-refractivity contribution in [1.29, 1.82) is 0 Å². The highest BCUT2D eigenvalue weighted by Gasteiger charge is 2.20. The van der Waals surface area contributed by atoms with Gasteiger partial charge in [-0.3, -0.25) is 0 Å². The molecule has 0 spiro atoms. The van der Waals surface area contributed by atoms with Gasteiger partial charge in [-0.2, -0.15) is 0 Å². The lowest BCUT2D eigenvalue weighted by Crippen LogP contribution is -2.30. The molecule has 0 aromatic carbocycles. The molecule has 21 heavy (non-hydrogen) atoms. The molecule has 0 amide bonds. The van der Waals surface area contributed by atoms with Gasteiger partial charge in [0, 0.05) is 24.9 Å². The lowest BCUT2D eigenvalue weighted by atomic mass is 9.87. The van der Waals surface area contributed by atoms with Gasteiger partial charge in [-0.1, -0.05) is 13.8 Å². The highest BCUT2D eigenvalue weighted by Crippen LogP contribution is 2.23. The summed E-state index contributed by atoms with van der Waals surface area (Å²) in [5.41, 5.74) is 2.61. The molecule has 1 aromatic heterocycles. The maximum Gasteiger partial charge on any atom is 0.130 e. The molecule has 118 valence electrons. The summed E-state index contributed by atoms with van der Waals surface area (Å²) in [7, 11) is 0. The summed E-state index contributed by atoms with van der Waals surface area (Å²) in [6.45, 7) is 10.2. The van der Waals surface area contributed by atoms with E-state index in [-0.39, 0.29) is 0 Å². The summed E-state index contributed by atoms with van der Waals surface area (Å²) in [6, 6.07) is 0. The van der Waals surface area contributed by atoms with Crippen LogP contribution in [-0.2, 0) is 24.0 Å². The van der Waals surface area contributed by atoms with Gasteiger partial charge in [-0.15, -0.1) is 0 Å². The number of fused-ring (bicyclic) bond motifs is 1. The van der Waals surface area contributed by atoms with Crippen LogP contribution in [0.3, 0.4) is 0 Å². The first-order valence-corrected chi connectivity index (χ1v) is 8.31. The molecule has 0 saturated heterocycles. The third-order valence-corrected chi connectivity index (χ3v) is 3.96.